The van der Waals surface area contributed by atoms with Crippen LogP contribution in [0.15, 0.2) is 24.3 Å². The number of benzene rings is 1. The van der Waals surface area contributed by atoms with Gasteiger partial charge >= 0.3 is 0 Å². The summed E-state index contributed by atoms with van der Waals surface area (Å²) in [6.07, 6.45) is -0.395. The van der Waals surface area contributed by atoms with Crippen LogP contribution in [0.25, 0.3) is 0 Å². The fraction of sp³-hybridized carbons (Fsp3) is 0.462. The third-order valence-electron chi connectivity index (χ3n) is 2.56. The average molecular weight is 237 g/mol. The Morgan fingerprint density at radius 1 is 1.35 bits per heavy atom. The zero-order chi connectivity index (χ0) is 12.8. The molecule has 0 aliphatic rings. The van der Waals surface area contributed by atoms with Gasteiger partial charge in [-0.05, 0) is 19.1 Å². The van der Waals surface area contributed by atoms with Gasteiger partial charge < -0.3 is 14.4 Å². The topological polar surface area (TPSA) is 38.8 Å². The van der Waals surface area contributed by atoms with E-state index in [-0.39, 0.29) is 5.91 Å². The van der Waals surface area contributed by atoms with Gasteiger partial charge in [0.25, 0.3) is 5.91 Å². The van der Waals surface area contributed by atoms with Crippen LogP contribution < -0.4 is 0 Å². The maximum absolute atomic E-state index is 12.1. The minimum atomic E-state index is -0.395. The molecule has 0 unspecified atom stereocenters. The molecule has 0 fully saturated rings. The maximum atomic E-state index is 12.1. The van der Waals surface area contributed by atoms with Crippen molar-refractivity contribution in [3.05, 3.63) is 35.4 Å². The number of amides is 1. The summed E-state index contributed by atoms with van der Waals surface area (Å²) >= 11 is 0. The molecule has 1 aromatic rings. The molecule has 0 aliphatic heterocycles. The predicted octanol–water partition coefficient (Wildman–Crippen LogP) is 1.69. The van der Waals surface area contributed by atoms with Crippen LogP contribution in [0.2, 0.25) is 0 Å². The van der Waals surface area contributed by atoms with Gasteiger partial charge in [-0.15, -0.1) is 0 Å². The summed E-state index contributed by atoms with van der Waals surface area (Å²) in [6.45, 7) is 2.36. The Morgan fingerprint density at radius 3 is 2.53 bits per heavy atom. The van der Waals surface area contributed by atoms with Gasteiger partial charge in [0.05, 0.1) is 6.54 Å². The molecule has 0 saturated heterocycles. The summed E-state index contributed by atoms with van der Waals surface area (Å²) in [5.74, 6) is -0.0344. The van der Waals surface area contributed by atoms with E-state index in [9.17, 15) is 4.79 Å². The molecule has 94 valence electrons. The van der Waals surface area contributed by atoms with Crippen molar-refractivity contribution in [2.24, 2.45) is 0 Å². The van der Waals surface area contributed by atoms with Crippen molar-refractivity contribution >= 4 is 5.91 Å². The smallest absolute Gasteiger partial charge is 0.253 e. The standard InChI is InChI=1S/C13H19NO3/c1-10-6-5-7-11(8-10)13(15)14(2)9-12(16-3)17-4/h5-8,12H,9H2,1-4H3. The lowest BCUT2D eigenvalue weighted by Gasteiger charge is -2.22. The molecule has 0 saturated carbocycles. The van der Waals surface area contributed by atoms with E-state index in [0.717, 1.165) is 5.56 Å². The van der Waals surface area contributed by atoms with Gasteiger partial charge in [0.15, 0.2) is 6.29 Å². The minimum absolute atomic E-state index is 0.0344. The molecule has 0 aliphatic carbocycles. The first kappa shape index (κ1) is 13.7. The molecule has 17 heavy (non-hydrogen) atoms. The van der Waals surface area contributed by atoms with E-state index >= 15 is 0 Å². The van der Waals surface area contributed by atoms with Gasteiger partial charge in [0.2, 0.25) is 0 Å². The lowest BCUT2D eigenvalue weighted by Crippen LogP contribution is -2.36. The number of carbonyl (C=O) groups is 1. The second-order valence-electron chi connectivity index (χ2n) is 3.96. The third-order valence-corrected chi connectivity index (χ3v) is 2.56. The van der Waals surface area contributed by atoms with Crippen molar-refractivity contribution in [2.75, 3.05) is 27.8 Å². The second kappa shape index (κ2) is 6.37. The van der Waals surface area contributed by atoms with Crippen LogP contribution >= 0.6 is 0 Å². The molecule has 0 heterocycles. The number of nitrogens with zero attached hydrogens (tertiary/aromatic N) is 1. The average Bonchev–Trinajstić information content (AvgIpc) is 2.34. The van der Waals surface area contributed by atoms with E-state index in [4.69, 9.17) is 9.47 Å². The first-order valence-corrected chi connectivity index (χ1v) is 5.46. The zero-order valence-electron chi connectivity index (χ0n) is 10.8. The molecule has 0 N–H and O–H groups in total. The first-order chi connectivity index (χ1) is 8.08. The number of aryl methyl sites for hydroxylation is 1. The summed E-state index contributed by atoms with van der Waals surface area (Å²) in [6, 6.07) is 7.51. The molecule has 4 heteroatoms. The van der Waals surface area contributed by atoms with E-state index in [1.807, 2.05) is 25.1 Å². The SMILES string of the molecule is COC(CN(C)C(=O)c1cccc(C)c1)OC. The summed E-state index contributed by atoms with van der Waals surface area (Å²) in [5.41, 5.74) is 1.75. The number of hydrogen-bond acceptors (Lipinski definition) is 3. The Morgan fingerprint density at radius 2 is 2.00 bits per heavy atom. The van der Waals surface area contributed by atoms with Crippen LogP contribution in [-0.2, 0) is 9.47 Å². The lowest BCUT2D eigenvalue weighted by molar-refractivity contribution is -0.110. The highest BCUT2D eigenvalue weighted by atomic mass is 16.7. The van der Waals surface area contributed by atoms with Crippen molar-refractivity contribution in [3.8, 4) is 0 Å². The van der Waals surface area contributed by atoms with E-state index in [2.05, 4.69) is 0 Å². The Labute approximate surface area is 102 Å². The number of ether oxygens (including phenoxy) is 2. The molecule has 1 aromatic carbocycles. The van der Waals surface area contributed by atoms with Crippen molar-refractivity contribution in [2.45, 2.75) is 13.2 Å². The Bertz CT molecular complexity index is 375. The molecule has 1 amide bonds. The molecule has 0 spiro atoms. The van der Waals surface area contributed by atoms with Gasteiger partial charge in [-0.2, -0.15) is 0 Å². The summed E-state index contributed by atoms with van der Waals surface area (Å²) < 4.78 is 10.1. The van der Waals surface area contributed by atoms with Gasteiger partial charge in [0.1, 0.15) is 0 Å². The van der Waals surface area contributed by atoms with Crippen LogP contribution in [0.5, 0.6) is 0 Å². The molecular formula is C13H19NO3. The Balaban J connectivity index is 2.69. The molecular weight excluding hydrogens is 218 g/mol. The monoisotopic (exact) mass is 237 g/mol. The van der Waals surface area contributed by atoms with E-state index in [1.54, 1.807) is 32.2 Å². The zero-order valence-corrected chi connectivity index (χ0v) is 10.8. The second-order valence-corrected chi connectivity index (χ2v) is 3.96. The largest absolute Gasteiger partial charge is 0.354 e. The Kier molecular flexibility index (Phi) is 5.12. The highest BCUT2D eigenvalue weighted by molar-refractivity contribution is 5.94. The third kappa shape index (κ3) is 3.84. The normalized spacial score (nSPS) is 10.6. The van der Waals surface area contributed by atoms with E-state index in [0.29, 0.717) is 12.1 Å². The fourth-order valence-electron chi connectivity index (χ4n) is 1.55. The number of methoxy groups -OCH3 is 2. The summed E-state index contributed by atoms with van der Waals surface area (Å²) in [5, 5.41) is 0. The fourth-order valence-corrected chi connectivity index (χ4v) is 1.55. The summed E-state index contributed by atoms with van der Waals surface area (Å²) in [4.78, 5) is 13.7. The van der Waals surface area contributed by atoms with Gasteiger partial charge in [0, 0.05) is 26.8 Å². The molecule has 0 aromatic heterocycles. The van der Waals surface area contributed by atoms with E-state index in [1.165, 1.54) is 0 Å². The lowest BCUT2D eigenvalue weighted by atomic mass is 10.1. The van der Waals surface area contributed by atoms with E-state index < -0.39 is 6.29 Å². The van der Waals surface area contributed by atoms with Crippen molar-refractivity contribution in [1.82, 2.24) is 4.90 Å². The van der Waals surface area contributed by atoms with Crippen molar-refractivity contribution < 1.29 is 14.3 Å². The number of rotatable bonds is 5. The minimum Gasteiger partial charge on any atom is -0.354 e. The quantitative estimate of drug-likeness (QED) is 0.731. The summed E-state index contributed by atoms with van der Waals surface area (Å²) in [7, 11) is 4.84. The number of hydrogen-bond donors (Lipinski definition) is 0. The van der Waals surface area contributed by atoms with Crippen LogP contribution in [0.4, 0.5) is 0 Å². The van der Waals surface area contributed by atoms with Gasteiger partial charge in [-0.3, -0.25) is 4.79 Å². The Hall–Kier alpha value is -1.39. The van der Waals surface area contributed by atoms with Crippen molar-refractivity contribution in [1.29, 1.82) is 0 Å². The van der Waals surface area contributed by atoms with Gasteiger partial charge in [-0.25, -0.2) is 0 Å². The molecule has 0 radical (unpaired) electrons. The first-order valence-electron chi connectivity index (χ1n) is 5.46. The molecule has 0 atom stereocenters. The molecule has 1 rings (SSSR count). The number of likely N-dealkylation sites (N-methyl/N-ethyl adjacent to an activating group) is 1. The maximum Gasteiger partial charge on any atom is 0.253 e. The van der Waals surface area contributed by atoms with Crippen LogP contribution in [-0.4, -0.2) is 44.9 Å². The predicted molar refractivity (Wildman–Crippen MR) is 65.9 cm³/mol. The molecule has 4 nitrogen and oxygen atoms in total. The number of carbonyl (C=O) groups excluding carboxylic acids is 1. The van der Waals surface area contributed by atoms with Gasteiger partial charge in [-0.1, -0.05) is 17.7 Å². The van der Waals surface area contributed by atoms with Crippen molar-refractivity contribution in [3.63, 3.8) is 0 Å². The highest BCUT2D eigenvalue weighted by Gasteiger charge is 2.16. The van der Waals surface area contributed by atoms with Crippen LogP contribution in [0.3, 0.4) is 0 Å². The highest BCUT2D eigenvalue weighted by Crippen LogP contribution is 2.07. The molecule has 0 bridgehead atoms. The van der Waals surface area contributed by atoms with Crippen LogP contribution in [0.1, 0.15) is 15.9 Å². The van der Waals surface area contributed by atoms with Crippen LogP contribution in [0, 0.1) is 6.92 Å².